The predicted octanol–water partition coefficient (Wildman–Crippen LogP) is 2.57. The van der Waals surface area contributed by atoms with Crippen molar-refractivity contribution in [2.75, 3.05) is 11.9 Å². The van der Waals surface area contributed by atoms with Crippen LogP contribution in [-0.2, 0) is 0 Å². The average Bonchev–Trinajstić information content (AvgIpc) is 2.29. The highest BCUT2D eigenvalue weighted by molar-refractivity contribution is 5.44. The summed E-state index contributed by atoms with van der Waals surface area (Å²) in [6.07, 6.45) is 5.59. The van der Waals surface area contributed by atoms with E-state index in [1.807, 2.05) is 0 Å². The summed E-state index contributed by atoms with van der Waals surface area (Å²) in [5, 5.41) is 12.9. The fourth-order valence-electron chi connectivity index (χ4n) is 2.74. The Morgan fingerprint density at radius 2 is 2.47 bits per heavy atom. The second-order valence-corrected chi connectivity index (χ2v) is 5.13. The van der Waals surface area contributed by atoms with Crippen LogP contribution in [0, 0.1) is 11.9 Å². The molecule has 4 heteroatoms. The van der Waals surface area contributed by atoms with Gasteiger partial charge < -0.3 is 10.4 Å². The van der Waals surface area contributed by atoms with Gasteiger partial charge in [-0.05, 0) is 24.8 Å². The number of aromatic nitrogens is 1. The van der Waals surface area contributed by atoms with Gasteiger partial charge in [0.2, 0.25) is 5.95 Å². The second kappa shape index (κ2) is 5.00. The van der Waals surface area contributed by atoms with Crippen molar-refractivity contribution < 1.29 is 9.50 Å². The molecule has 2 atom stereocenters. The maximum absolute atomic E-state index is 13.0. The summed E-state index contributed by atoms with van der Waals surface area (Å²) in [4.78, 5) is 3.53. The molecule has 0 bridgehead atoms. The van der Waals surface area contributed by atoms with Gasteiger partial charge >= 0.3 is 0 Å². The smallest absolute Gasteiger partial charge is 0.214 e. The van der Waals surface area contributed by atoms with E-state index >= 15 is 0 Å². The molecule has 0 saturated heterocycles. The first-order valence-electron chi connectivity index (χ1n) is 6.14. The normalized spacial score (nSPS) is 29.0. The van der Waals surface area contributed by atoms with Crippen molar-refractivity contribution in [3.8, 4) is 0 Å². The van der Waals surface area contributed by atoms with Crippen LogP contribution in [0.5, 0.6) is 0 Å². The van der Waals surface area contributed by atoms with Gasteiger partial charge in [0, 0.05) is 18.0 Å². The number of nitrogens with zero attached hydrogens (tertiary/aromatic N) is 1. The molecular formula is C13H19FN2O. The maximum atomic E-state index is 13.0. The lowest BCUT2D eigenvalue weighted by Gasteiger charge is -2.40. The highest BCUT2D eigenvalue weighted by Gasteiger charge is 2.34. The first kappa shape index (κ1) is 12.3. The van der Waals surface area contributed by atoms with Crippen LogP contribution in [-0.4, -0.2) is 22.2 Å². The molecule has 1 saturated carbocycles. The van der Waals surface area contributed by atoms with Crippen LogP contribution in [0.15, 0.2) is 18.3 Å². The topological polar surface area (TPSA) is 45.1 Å². The molecule has 0 amide bonds. The Morgan fingerprint density at radius 1 is 1.65 bits per heavy atom. The van der Waals surface area contributed by atoms with Crippen LogP contribution < -0.4 is 5.32 Å². The minimum Gasteiger partial charge on any atom is -0.394 e. The molecule has 17 heavy (non-hydrogen) atoms. The fourth-order valence-corrected chi connectivity index (χ4v) is 2.74. The van der Waals surface area contributed by atoms with E-state index in [4.69, 9.17) is 0 Å². The molecule has 1 heterocycles. The number of aliphatic hydroxyl groups is 1. The first-order valence-corrected chi connectivity index (χ1v) is 6.14. The molecule has 1 aliphatic rings. The van der Waals surface area contributed by atoms with E-state index in [1.54, 1.807) is 6.07 Å². The summed E-state index contributed by atoms with van der Waals surface area (Å²) in [7, 11) is 0. The number of rotatable bonds is 3. The highest BCUT2D eigenvalue weighted by Crippen LogP contribution is 2.34. The molecule has 2 rings (SSSR count). The Morgan fingerprint density at radius 3 is 3.12 bits per heavy atom. The lowest BCUT2D eigenvalue weighted by molar-refractivity contribution is 0.149. The van der Waals surface area contributed by atoms with Gasteiger partial charge in [0.15, 0.2) is 0 Å². The average molecular weight is 238 g/mol. The molecule has 2 unspecified atom stereocenters. The molecule has 2 N–H and O–H groups in total. The van der Waals surface area contributed by atoms with Crippen LogP contribution in [0.4, 0.5) is 10.1 Å². The Labute approximate surface area is 101 Å². The third-order valence-corrected chi connectivity index (χ3v) is 3.53. The number of halogens is 1. The lowest BCUT2D eigenvalue weighted by Crippen LogP contribution is -2.45. The molecule has 3 nitrogen and oxygen atoms in total. The van der Waals surface area contributed by atoms with Gasteiger partial charge in [0.25, 0.3) is 0 Å². The summed E-state index contributed by atoms with van der Waals surface area (Å²) < 4.78 is 13.0. The van der Waals surface area contributed by atoms with Gasteiger partial charge in [-0.3, -0.25) is 0 Å². The van der Waals surface area contributed by atoms with Gasteiger partial charge in [-0.1, -0.05) is 19.8 Å². The largest absolute Gasteiger partial charge is 0.394 e. The summed E-state index contributed by atoms with van der Waals surface area (Å²) in [6.45, 7) is 2.28. The number of hydrogen-bond donors (Lipinski definition) is 2. The van der Waals surface area contributed by atoms with Crippen LogP contribution in [0.25, 0.3) is 0 Å². The molecule has 94 valence electrons. The minimum atomic E-state index is -0.494. The van der Waals surface area contributed by atoms with Crippen molar-refractivity contribution in [1.82, 2.24) is 4.98 Å². The van der Waals surface area contributed by atoms with Crippen molar-refractivity contribution in [3.63, 3.8) is 0 Å². The van der Waals surface area contributed by atoms with E-state index < -0.39 is 5.95 Å². The Bertz CT molecular complexity index is 385. The molecule has 0 spiro atoms. The zero-order valence-electron chi connectivity index (χ0n) is 10.1. The highest BCUT2D eigenvalue weighted by atomic mass is 19.1. The third kappa shape index (κ3) is 2.94. The zero-order chi connectivity index (χ0) is 12.3. The monoisotopic (exact) mass is 238 g/mol. The lowest BCUT2D eigenvalue weighted by atomic mass is 9.76. The Hall–Kier alpha value is -1.16. The van der Waals surface area contributed by atoms with Gasteiger partial charge in [0.1, 0.15) is 0 Å². The molecule has 0 aromatic carbocycles. The minimum absolute atomic E-state index is 0.0846. The van der Waals surface area contributed by atoms with Crippen molar-refractivity contribution in [1.29, 1.82) is 0 Å². The van der Waals surface area contributed by atoms with E-state index in [-0.39, 0.29) is 12.1 Å². The molecule has 1 aromatic rings. The van der Waals surface area contributed by atoms with Crippen molar-refractivity contribution in [2.45, 2.75) is 38.1 Å². The number of aliphatic hydroxyl groups excluding tert-OH is 1. The fraction of sp³-hybridized carbons (Fsp3) is 0.615. The van der Waals surface area contributed by atoms with Crippen LogP contribution in [0.1, 0.15) is 32.6 Å². The summed E-state index contributed by atoms with van der Waals surface area (Å²) >= 11 is 0. The van der Waals surface area contributed by atoms with Gasteiger partial charge in [-0.15, -0.1) is 0 Å². The molecule has 0 aliphatic heterocycles. The molecule has 0 radical (unpaired) electrons. The standard InChI is InChI=1S/C13H19FN2O/c1-10-3-2-5-13(8-10,9-17)16-11-4-6-15-12(14)7-11/h4,6-7,10,17H,2-3,5,8-9H2,1H3,(H,15,16). The van der Waals surface area contributed by atoms with E-state index in [1.165, 1.54) is 18.7 Å². The van der Waals surface area contributed by atoms with E-state index in [2.05, 4.69) is 17.2 Å². The number of pyridine rings is 1. The van der Waals surface area contributed by atoms with Gasteiger partial charge in [-0.25, -0.2) is 4.98 Å². The summed E-state index contributed by atoms with van der Waals surface area (Å²) in [5.74, 6) is 0.0991. The second-order valence-electron chi connectivity index (χ2n) is 5.13. The summed E-state index contributed by atoms with van der Waals surface area (Å²) in [5.41, 5.74) is 0.395. The summed E-state index contributed by atoms with van der Waals surface area (Å²) in [6, 6.07) is 3.11. The molecule has 1 aliphatic carbocycles. The van der Waals surface area contributed by atoms with Crippen LogP contribution >= 0.6 is 0 Å². The molecular weight excluding hydrogens is 219 g/mol. The predicted molar refractivity (Wildman–Crippen MR) is 65.3 cm³/mol. The number of anilines is 1. The Kier molecular flexibility index (Phi) is 3.62. The van der Waals surface area contributed by atoms with E-state index in [0.29, 0.717) is 11.6 Å². The quantitative estimate of drug-likeness (QED) is 0.795. The number of nitrogens with one attached hydrogen (secondary N) is 1. The van der Waals surface area contributed by atoms with Crippen LogP contribution in [0.3, 0.4) is 0 Å². The third-order valence-electron chi connectivity index (χ3n) is 3.53. The number of hydrogen-bond acceptors (Lipinski definition) is 3. The maximum Gasteiger partial charge on any atom is 0.214 e. The van der Waals surface area contributed by atoms with Gasteiger partial charge in [-0.2, -0.15) is 4.39 Å². The van der Waals surface area contributed by atoms with Crippen LogP contribution in [0.2, 0.25) is 0 Å². The van der Waals surface area contributed by atoms with Crippen molar-refractivity contribution >= 4 is 5.69 Å². The van der Waals surface area contributed by atoms with Crippen molar-refractivity contribution in [3.05, 3.63) is 24.3 Å². The van der Waals surface area contributed by atoms with E-state index in [0.717, 1.165) is 19.3 Å². The molecule has 1 fully saturated rings. The first-order chi connectivity index (χ1) is 8.13. The zero-order valence-corrected chi connectivity index (χ0v) is 10.1. The van der Waals surface area contributed by atoms with E-state index in [9.17, 15) is 9.50 Å². The van der Waals surface area contributed by atoms with Crippen molar-refractivity contribution in [2.24, 2.45) is 5.92 Å². The van der Waals surface area contributed by atoms with Gasteiger partial charge in [0.05, 0.1) is 12.1 Å². The SMILES string of the molecule is CC1CCCC(CO)(Nc2ccnc(F)c2)C1. The molecule has 1 aromatic heterocycles. The Balaban J connectivity index is 2.13.